The van der Waals surface area contributed by atoms with Crippen molar-refractivity contribution >= 4 is 34.5 Å². The number of aryl methyl sites for hydroxylation is 1. The Morgan fingerprint density at radius 2 is 1.95 bits per heavy atom. The van der Waals surface area contributed by atoms with Crippen molar-refractivity contribution in [1.29, 1.82) is 0 Å². The zero-order valence-electron chi connectivity index (χ0n) is 11.6. The highest BCUT2D eigenvalue weighted by Gasteiger charge is 2.19. The Morgan fingerprint density at radius 1 is 1.19 bits per heavy atom. The van der Waals surface area contributed by atoms with E-state index < -0.39 is 0 Å². The topological polar surface area (TPSA) is 38.0 Å². The lowest BCUT2D eigenvalue weighted by Crippen LogP contribution is -2.28. The van der Waals surface area contributed by atoms with Gasteiger partial charge in [0.25, 0.3) is 0 Å². The van der Waals surface area contributed by atoms with Gasteiger partial charge in [-0.25, -0.2) is 0 Å². The minimum Gasteiger partial charge on any atom is -0.389 e. The summed E-state index contributed by atoms with van der Waals surface area (Å²) >= 11 is 11.1. The van der Waals surface area contributed by atoms with Crippen LogP contribution in [0.1, 0.15) is 23.1 Å². The van der Waals surface area contributed by atoms with Crippen LogP contribution in [-0.4, -0.2) is 11.0 Å². The molecule has 1 aliphatic carbocycles. The zero-order chi connectivity index (χ0) is 14.8. The smallest absolute Gasteiger partial charge is 0.106 e. The highest BCUT2D eigenvalue weighted by Crippen LogP contribution is 2.26. The van der Waals surface area contributed by atoms with Gasteiger partial charge < -0.3 is 11.1 Å². The largest absolute Gasteiger partial charge is 0.389 e. The summed E-state index contributed by atoms with van der Waals surface area (Å²) in [4.78, 5) is 0.371. The fourth-order valence-corrected chi connectivity index (χ4v) is 3.23. The van der Waals surface area contributed by atoms with Crippen molar-refractivity contribution in [2.75, 3.05) is 5.32 Å². The first-order chi connectivity index (χ1) is 10.1. The van der Waals surface area contributed by atoms with Gasteiger partial charge in [0.05, 0.1) is 0 Å². The van der Waals surface area contributed by atoms with Crippen molar-refractivity contribution in [1.82, 2.24) is 0 Å². The number of hydrogen-bond acceptors (Lipinski definition) is 2. The summed E-state index contributed by atoms with van der Waals surface area (Å²) in [6.45, 7) is 0. The number of rotatable bonds is 3. The van der Waals surface area contributed by atoms with E-state index in [1.54, 1.807) is 0 Å². The van der Waals surface area contributed by atoms with Crippen LogP contribution in [0.5, 0.6) is 0 Å². The average Bonchev–Trinajstić information content (AvgIpc) is 2.49. The molecule has 1 atom stereocenters. The van der Waals surface area contributed by atoms with Gasteiger partial charge in [-0.05, 0) is 48.6 Å². The molecule has 0 aliphatic heterocycles. The summed E-state index contributed by atoms with van der Waals surface area (Å²) < 4.78 is 0. The lowest BCUT2D eigenvalue weighted by atomic mass is 9.88. The molecule has 2 nitrogen and oxygen atoms in total. The van der Waals surface area contributed by atoms with E-state index in [1.807, 2.05) is 18.2 Å². The van der Waals surface area contributed by atoms with E-state index in [1.165, 1.54) is 11.1 Å². The van der Waals surface area contributed by atoms with Gasteiger partial charge in [-0.15, -0.1) is 0 Å². The van der Waals surface area contributed by atoms with Gasteiger partial charge in [0.2, 0.25) is 0 Å². The highest BCUT2D eigenvalue weighted by molar-refractivity contribution is 7.80. The lowest BCUT2D eigenvalue weighted by Gasteiger charge is -2.27. The molecular formula is C17H17ClN2S. The minimum atomic E-state index is 0.371. The van der Waals surface area contributed by atoms with Crippen LogP contribution in [0.2, 0.25) is 5.02 Å². The molecular weight excluding hydrogens is 300 g/mol. The van der Waals surface area contributed by atoms with E-state index in [0.717, 1.165) is 30.5 Å². The lowest BCUT2D eigenvalue weighted by molar-refractivity contribution is 0.611. The molecule has 0 bridgehead atoms. The normalized spacial score (nSPS) is 17.1. The molecule has 0 radical (unpaired) electrons. The molecule has 0 spiro atoms. The number of hydrogen-bond donors (Lipinski definition) is 2. The fraction of sp³-hybridized carbons (Fsp3) is 0.235. The maximum Gasteiger partial charge on any atom is 0.106 e. The van der Waals surface area contributed by atoms with Crippen LogP contribution in [0, 0.1) is 0 Å². The number of anilines is 1. The van der Waals surface area contributed by atoms with Crippen molar-refractivity contribution in [2.45, 2.75) is 25.3 Å². The van der Waals surface area contributed by atoms with Crippen molar-refractivity contribution in [3.8, 4) is 0 Å². The molecule has 21 heavy (non-hydrogen) atoms. The summed E-state index contributed by atoms with van der Waals surface area (Å²) in [6.07, 6.45) is 3.23. The Hall–Kier alpha value is -1.58. The molecule has 1 aliphatic rings. The predicted octanol–water partition coefficient (Wildman–Crippen LogP) is 3.94. The van der Waals surface area contributed by atoms with Crippen molar-refractivity contribution in [2.24, 2.45) is 5.73 Å². The molecule has 108 valence electrons. The minimum absolute atomic E-state index is 0.371. The van der Waals surface area contributed by atoms with Crippen LogP contribution in [0.4, 0.5) is 5.69 Å². The Bertz CT molecular complexity index is 684. The van der Waals surface area contributed by atoms with Crippen LogP contribution in [0.25, 0.3) is 0 Å². The summed E-state index contributed by atoms with van der Waals surface area (Å²) in [5.74, 6) is 0. The Kier molecular flexibility index (Phi) is 4.13. The first kappa shape index (κ1) is 14.4. The third-order valence-electron chi connectivity index (χ3n) is 3.95. The maximum atomic E-state index is 6.03. The molecule has 3 N–H and O–H groups in total. The number of fused-ring (bicyclic) bond motifs is 1. The molecule has 0 amide bonds. The van der Waals surface area contributed by atoms with Crippen molar-refractivity contribution in [3.05, 3.63) is 64.2 Å². The third-order valence-corrected chi connectivity index (χ3v) is 4.41. The molecule has 0 saturated heterocycles. The number of halogens is 1. The quantitative estimate of drug-likeness (QED) is 0.842. The summed E-state index contributed by atoms with van der Waals surface area (Å²) in [5, 5.41) is 4.22. The molecule has 2 aromatic rings. The van der Waals surface area contributed by atoms with E-state index >= 15 is 0 Å². The Morgan fingerprint density at radius 3 is 2.71 bits per heavy atom. The number of benzene rings is 2. The first-order valence-electron chi connectivity index (χ1n) is 7.06. The van der Waals surface area contributed by atoms with E-state index in [0.29, 0.717) is 16.1 Å². The highest BCUT2D eigenvalue weighted by atomic mass is 35.5. The second-order valence-electron chi connectivity index (χ2n) is 5.41. The van der Waals surface area contributed by atoms with E-state index in [2.05, 4.69) is 29.6 Å². The summed E-state index contributed by atoms with van der Waals surface area (Å²) in [6, 6.07) is 14.7. The van der Waals surface area contributed by atoms with Gasteiger partial charge in [-0.1, -0.05) is 48.1 Å². The van der Waals surface area contributed by atoms with Crippen LogP contribution in [0.15, 0.2) is 42.5 Å². The molecule has 1 unspecified atom stereocenters. The monoisotopic (exact) mass is 316 g/mol. The molecule has 2 aromatic carbocycles. The second-order valence-corrected chi connectivity index (χ2v) is 6.28. The number of nitrogens with two attached hydrogens (primary N) is 1. The van der Waals surface area contributed by atoms with Crippen molar-refractivity contribution < 1.29 is 0 Å². The molecule has 0 heterocycles. The number of thiocarbonyl (C=S) groups is 1. The van der Waals surface area contributed by atoms with Crippen LogP contribution in [0.3, 0.4) is 0 Å². The van der Waals surface area contributed by atoms with Crippen LogP contribution in [-0.2, 0) is 12.8 Å². The molecule has 0 saturated carbocycles. The third kappa shape index (κ3) is 3.20. The molecule has 4 heteroatoms. The first-order valence-corrected chi connectivity index (χ1v) is 7.85. The summed E-state index contributed by atoms with van der Waals surface area (Å²) in [5.41, 5.74) is 10.5. The van der Waals surface area contributed by atoms with Gasteiger partial charge in [0.15, 0.2) is 0 Å². The molecule has 3 rings (SSSR count). The van der Waals surface area contributed by atoms with Crippen LogP contribution < -0.4 is 11.1 Å². The van der Waals surface area contributed by atoms with E-state index in [4.69, 9.17) is 29.6 Å². The summed E-state index contributed by atoms with van der Waals surface area (Å²) in [7, 11) is 0. The van der Waals surface area contributed by atoms with Crippen LogP contribution >= 0.6 is 23.8 Å². The van der Waals surface area contributed by atoms with E-state index in [-0.39, 0.29) is 0 Å². The maximum absolute atomic E-state index is 6.03. The zero-order valence-corrected chi connectivity index (χ0v) is 13.2. The Labute approximate surface area is 135 Å². The van der Waals surface area contributed by atoms with E-state index in [9.17, 15) is 0 Å². The molecule has 0 aromatic heterocycles. The number of nitrogens with one attached hydrogen (secondary N) is 1. The molecule has 0 fully saturated rings. The van der Waals surface area contributed by atoms with Gasteiger partial charge >= 0.3 is 0 Å². The van der Waals surface area contributed by atoms with Gasteiger partial charge in [-0.2, -0.15) is 0 Å². The second kappa shape index (κ2) is 6.04. The van der Waals surface area contributed by atoms with Gasteiger partial charge in [0.1, 0.15) is 4.99 Å². The van der Waals surface area contributed by atoms with Gasteiger partial charge in [-0.3, -0.25) is 0 Å². The fourth-order valence-electron chi connectivity index (χ4n) is 2.89. The van der Waals surface area contributed by atoms with Gasteiger partial charge in [0, 0.05) is 22.3 Å². The SMILES string of the molecule is NC(=S)c1cc(Cl)ccc1NC1CCc2ccccc2C1. The average molecular weight is 317 g/mol. The van der Waals surface area contributed by atoms with Crippen molar-refractivity contribution in [3.63, 3.8) is 0 Å². The standard InChI is InChI=1S/C17H17ClN2S/c18-13-6-8-16(15(10-13)17(19)21)20-14-7-5-11-3-1-2-4-12(11)9-14/h1-4,6,8,10,14,20H,5,7,9H2,(H2,19,21). The Balaban J connectivity index is 1.81. The predicted molar refractivity (Wildman–Crippen MR) is 93.2 cm³/mol.